The van der Waals surface area contributed by atoms with Crippen LogP contribution in [0.25, 0.3) is 11.4 Å². The van der Waals surface area contributed by atoms with Gasteiger partial charge in [-0.25, -0.2) is 23.0 Å². The molecule has 2 aliphatic heterocycles. The normalized spacial score (nSPS) is 17.3. The largest absolute Gasteiger partial charge is 0.483 e. The molecule has 12 heteroatoms. The number of hydrogen-bond donors (Lipinski definition) is 0. The molecule has 0 N–H and O–H groups in total. The molecule has 0 spiro atoms. The molecule has 184 valence electrons. The Morgan fingerprint density at radius 3 is 2.56 bits per heavy atom. The summed E-state index contributed by atoms with van der Waals surface area (Å²) in [6.45, 7) is 2.08. The van der Waals surface area contributed by atoms with Crippen molar-refractivity contribution in [3.05, 3.63) is 64.7 Å². The molecule has 5 rings (SSSR count). The molecule has 1 atom stereocenters. The Morgan fingerprint density at radius 2 is 1.89 bits per heavy atom. The van der Waals surface area contributed by atoms with Crippen LogP contribution in [0.3, 0.4) is 0 Å². The van der Waals surface area contributed by atoms with Crippen LogP contribution in [0, 0.1) is 35.7 Å². The second-order valence-electron chi connectivity index (χ2n) is 8.58. The predicted molar refractivity (Wildman–Crippen MR) is 121 cm³/mol. The molecule has 36 heavy (non-hydrogen) atoms. The van der Waals surface area contributed by atoms with Gasteiger partial charge < -0.3 is 9.64 Å². The second kappa shape index (κ2) is 8.99. The van der Waals surface area contributed by atoms with E-state index in [2.05, 4.69) is 15.2 Å². The molecule has 1 fully saturated rings. The van der Waals surface area contributed by atoms with Crippen molar-refractivity contribution < 1.29 is 22.7 Å². The topological polar surface area (TPSA) is 99.6 Å². The summed E-state index contributed by atoms with van der Waals surface area (Å²) in [5, 5.41) is 18.6. The van der Waals surface area contributed by atoms with Gasteiger partial charge in [-0.3, -0.25) is 9.67 Å². The van der Waals surface area contributed by atoms with E-state index in [0.29, 0.717) is 28.9 Å². The van der Waals surface area contributed by atoms with Crippen molar-refractivity contribution in [1.29, 1.82) is 5.26 Å². The first-order valence-corrected chi connectivity index (χ1v) is 11.1. The number of likely N-dealkylation sites (tertiary alicyclic amines) is 1. The van der Waals surface area contributed by atoms with Gasteiger partial charge in [0.15, 0.2) is 17.3 Å². The zero-order valence-corrected chi connectivity index (χ0v) is 19.3. The van der Waals surface area contributed by atoms with Crippen LogP contribution in [0.15, 0.2) is 35.6 Å². The van der Waals surface area contributed by atoms with Gasteiger partial charge >= 0.3 is 6.03 Å². The van der Waals surface area contributed by atoms with E-state index in [0.717, 1.165) is 12.3 Å². The molecule has 9 nitrogen and oxygen atoms in total. The number of aryl methyl sites for hydroxylation is 1. The van der Waals surface area contributed by atoms with Crippen LogP contribution in [-0.4, -0.2) is 56.1 Å². The van der Waals surface area contributed by atoms with Crippen LogP contribution >= 0.6 is 0 Å². The van der Waals surface area contributed by atoms with Crippen LogP contribution in [0.5, 0.6) is 5.75 Å². The molecule has 0 bridgehead atoms. The number of amides is 2. The standard InChI is InChI=1S/C24H20F3N7O2/c1-13-20(9-28)31-32(2)23(13)19-8-22(18(27)10-29-19)36-17-11-33(12-17)24(35)34-21(3-4-30-34)14-5-15(25)7-16(26)6-14/h4-8,10,17,21H,3,11-12H2,1-2H3/t21-/m0/s1. The zero-order valence-electron chi connectivity index (χ0n) is 19.3. The molecule has 3 aromatic rings. The maximum atomic E-state index is 14.5. The van der Waals surface area contributed by atoms with Gasteiger partial charge in [0.25, 0.3) is 0 Å². The first kappa shape index (κ1) is 23.3. The minimum absolute atomic E-state index is 0.0384. The molecule has 0 unspecified atom stereocenters. The molecule has 0 radical (unpaired) electrons. The number of pyridine rings is 1. The second-order valence-corrected chi connectivity index (χ2v) is 8.58. The quantitative estimate of drug-likeness (QED) is 0.550. The maximum Gasteiger partial charge on any atom is 0.341 e. The van der Waals surface area contributed by atoms with Crippen LogP contribution in [0.2, 0.25) is 0 Å². The third kappa shape index (κ3) is 4.13. The number of nitrogens with zero attached hydrogens (tertiary/aromatic N) is 7. The number of hydrazone groups is 1. The van der Waals surface area contributed by atoms with Crippen molar-refractivity contribution in [3.63, 3.8) is 0 Å². The number of rotatable bonds is 4. The van der Waals surface area contributed by atoms with Crippen molar-refractivity contribution in [3.8, 4) is 23.2 Å². The Morgan fingerprint density at radius 1 is 1.17 bits per heavy atom. The van der Waals surface area contributed by atoms with Crippen LogP contribution < -0.4 is 4.74 Å². The number of aromatic nitrogens is 3. The number of ether oxygens (including phenoxy) is 1. The molecule has 2 amide bonds. The van der Waals surface area contributed by atoms with Crippen molar-refractivity contribution in [1.82, 2.24) is 24.7 Å². The Balaban J connectivity index is 1.26. The zero-order chi connectivity index (χ0) is 25.6. The highest BCUT2D eigenvalue weighted by molar-refractivity contribution is 5.79. The van der Waals surface area contributed by atoms with E-state index < -0.39 is 35.6 Å². The highest BCUT2D eigenvalue weighted by atomic mass is 19.1. The minimum atomic E-state index is -0.731. The van der Waals surface area contributed by atoms with Gasteiger partial charge in [-0.2, -0.15) is 15.5 Å². The molecule has 2 aromatic heterocycles. The van der Waals surface area contributed by atoms with E-state index in [1.165, 1.54) is 39.0 Å². The van der Waals surface area contributed by atoms with Gasteiger partial charge in [0.2, 0.25) is 0 Å². The van der Waals surface area contributed by atoms with Gasteiger partial charge in [0.1, 0.15) is 23.8 Å². The molecule has 1 saturated heterocycles. The summed E-state index contributed by atoms with van der Waals surface area (Å²) in [7, 11) is 1.66. The average Bonchev–Trinajstić information content (AvgIpc) is 3.40. The fourth-order valence-corrected chi connectivity index (χ4v) is 4.37. The van der Waals surface area contributed by atoms with E-state index in [-0.39, 0.29) is 24.5 Å². The lowest BCUT2D eigenvalue weighted by atomic mass is 10.0. The summed E-state index contributed by atoms with van der Waals surface area (Å²) in [4.78, 5) is 18.5. The molecule has 2 aliphatic rings. The Bertz CT molecular complexity index is 1410. The Labute approximate surface area is 204 Å². The van der Waals surface area contributed by atoms with Gasteiger partial charge in [-0.05, 0) is 24.6 Å². The van der Waals surface area contributed by atoms with E-state index in [1.807, 2.05) is 6.07 Å². The molecule has 4 heterocycles. The van der Waals surface area contributed by atoms with Gasteiger partial charge in [-0.15, -0.1) is 0 Å². The van der Waals surface area contributed by atoms with E-state index in [1.54, 1.807) is 14.0 Å². The first-order chi connectivity index (χ1) is 17.2. The third-order valence-electron chi connectivity index (χ3n) is 6.16. The van der Waals surface area contributed by atoms with Crippen molar-refractivity contribution >= 4 is 12.2 Å². The summed E-state index contributed by atoms with van der Waals surface area (Å²) in [5.74, 6) is -2.17. The number of urea groups is 1. The molecule has 1 aromatic carbocycles. The lowest BCUT2D eigenvalue weighted by Crippen LogP contribution is -2.58. The Hall–Kier alpha value is -4.40. The molecule has 0 aliphatic carbocycles. The highest BCUT2D eigenvalue weighted by Crippen LogP contribution is 2.33. The van der Waals surface area contributed by atoms with Gasteiger partial charge in [-0.1, -0.05) is 0 Å². The number of carbonyl (C=O) groups excluding carboxylic acids is 1. The maximum absolute atomic E-state index is 14.5. The van der Waals surface area contributed by atoms with Gasteiger partial charge in [0, 0.05) is 37.4 Å². The van der Waals surface area contributed by atoms with Crippen LogP contribution in [-0.2, 0) is 7.05 Å². The fraction of sp³-hybridized carbons (Fsp3) is 0.292. The van der Waals surface area contributed by atoms with Crippen molar-refractivity contribution in [2.45, 2.75) is 25.5 Å². The third-order valence-corrected chi connectivity index (χ3v) is 6.16. The van der Waals surface area contributed by atoms with Crippen LogP contribution in [0.1, 0.15) is 29.3 Å². The van der Waals surface area contributed by atoms with E-state index in [4.69, 9.17) is 4.74 Å². The summed E-state index contributed by atoms with van der Waals surface area (Å²) in [6, 6.07) is 5.50. The molecular formula is C24H20F3N7O2. The number of carbonyl (C=O) groups is 1. The van der Waals surface area contributed by atoms with Crippen molar-refractivity contribution in [2.24, 2.45) is 12.1 Å². The van der Waals surface area contributed by atoms with E-state index in [9.17, 15) is 23.2 Å². The lowest BCUT2D eigenvalue weighted by molar-refractivity contribution is 0.0256. The number of hydrogen-bond acceptors (Lipinski definition) is 6. The number of halogens is 3. The first-order valence-electron chi connectivity index (χ1n) is 11.1. The molecule has 0 saturated carbocycles. The molecular weight excluding hydrogens is 475 g/mol. The predicted octanol–water partition coefficient (Wildman–Crippen LogP) is 3.70. The lowest BCUT2D eigenvalue weighted by Gasteiger charge is -2.41. The summed E-state index contributed by atoms with van der Waals surface area (Å²) >= 11 is 0. The minimum Gasteiger partial charge on any atom is -0.483 e. The van der Waals surface area contributed by atoms with Gasteiger partial charge in [0.05, 0.1) is 36.7 Å². The summed E-state index contributed by atoms with van der Waals surface area (Å²) in [5.41, 5.74) is 2.13. The average molecular weight is 495 g/mol. The number of nitriles is 1. The van der Waals surface area contributed by atoms with Crippen LogP contribution in [0.4, 0.5) is 18.0 Å². The number of benzene rings is 1. The summed E-state index contributed by atoms with van der Waals surface area (Å²) < 4.78 is 49.1. The summed E-state index contributed by atoms with van der Waals surface area (Å²) in [6.07, 6.45) is 2.41. The monoisotopic (exact) mass is 495 g/mol. The van der Waals surface area contributed by atoms with E-state index >= 15 is 0 Å². The van der Waals surface area contributed by atoms with Crippen molar-refractivity contribution in [2.75, 3.05) is 13.1 Å². The Kier molecular flexibility index (Phi) is 5.83. The fourth-order valence-electron chi connectivity index (χ4n) is 4.37. The smallest absolute Gasteiger partial charge is 0.341 e. The SMILES string of the molecule is Cc1c(C#N)nn(C)c1-c1cc(OC2CN(C(=O)N3N=CC[C@H]3c3cc(F)cc(F)c3)C2)c(F)cn1. The highest BCUT2D eigenvalue weighted by Gasteiger charge is 2.39.